The molecule has 1 heterocycles. The maximum Gasteiger partial charge on any atom is 0.254 e. The highest BCUT2D eigenvalue weighted by atomic mass is 32.2. The van der Waals surface area contributed by atoms with E-state index in [1.165, 1.54) is 24.5 Å². The van der Waals surface area contributed by atoms with Crippen molar-refractivity contribution in [1.82, 2.24) is 24.4 Å². The fourth-order valence-electron chi connectivity index (χ4n) is 2.90. The molecule has 1 aromatic heterocycles. The Hall–Kier alpha value is -3.30. The minimum absolute atomic E-state index is 0.0356. The Bertz CT molecular complexity index is 1130. The number of rotatable bonds is 8. The summed E-state index contributed by atoms with van der Waals surface area (Å²) >= 11 is 0. The Morgan fingerprint density at radius 2 is 2.00 bits per heavy atom. The molecule has 156 valence electrons. The standard InChI is InChI=1S/C21H23N5O3S/c1-4-12-24-30(28,29)20-7-5-6-18(13-20)21(27)25(3)16(2)17-8-10-19(11-9-17)26-15-22-14-23-26/h4-11,13-16,24H,1,12H2,2-3H3. The van der Waals surface area contributed by atoms with Gasteiger partial charge in [0.05, 0.1) is 16.6 Å². The van der Waals surface area contributed by atoms with E-state index in [-0.39, 0.29) is 23.4 Å². The molecule has 0 aliphatic rings. The predicted octanol–water partition coefficient (Wildman–Crippen LogP) is 2.56. The van der Waals surface area contributed by atoms with E-state index in [1.54, 1.807) is 35.1 Å². The zero-order chi connectivity index (χ0) is 21.7. The van der Waals surface area contributed by atoms with Crippen molar-refractivity contribution in [1.29, 1.82) is 0 Å². The Balaban J connectivity index is 1.78. The van der Waals surface area contributed by atoms with Gasteiger partial charge in [0.15, 0.2) is 0 Å². The van der Waals surface area contributed by atoms with Crippen LogP contribution in [0.5, 0.6) is 0 Å². The number of nitrogens with zero attached hydrogens (tertiary/aromatic N) is 4. The number of sulfonamides is 1. The van der Waals surface area contributed by atoms with Crippen LogP contribution in [0.25, 0.3) is 5.69 Å². The van der Waals surface area contributed by atoms with Crippen LogP contribution in [0.3, 0.4) is 0 Å². The van der Waals surface area contributed by atoms with Gasteiger partial charge in [-0.1, -0.05) is 24.3 Å². The lowest BCUT2D eigenvalue weighted by molar-refractivity contribution is 0.0742. The molecule has 9 heteroatoms. The second-order valence-corrected chi connectivity index (χ2v) is 8.46. The number of aromatic nitrogens is 3. The quantitative estimate of drug-likeness (QED) is 0.560. The summed E-state index contributed by atoms with van der Waals surface area (Å²) in [6.45, 7) is 5.52. The lowest BCUT2D eigenvalue weighted by Gasteiger charge is -2.26. The number of carbonyl (C=O) groups excluding carboxylic acids is 1. The molecular formula is C21H23N5O3S. The van der Waals surface area contributed by atoms with Gasteiger partial charge in [-0.15, -0.1) is 6.58 Å². The molecule has 1 amide bonds. The molecule has 8 nitrogen and oxygen atoms in total. The van der Waals surface area contributed by atoms with Gasteiger partial charge < -0.3 is 4.90 Å². The second kappa shape index (κ2) is 9.02. The number of hydrogen-bond acceptors (Lipinski definition) is 5. The molecule has 3 aromatic rings. The SMILES string of the molecule is C=CCNS(=O)(=O)c1cccc(C(=O)N(C)C(C)c2ccc(-n3cncn3)cc2)c1. The van der Waals surface area contributed by atoms with E-state index in [0.717, 1.165) is 11.3 Å². The van der Waals surface area contributed by atoms with E-state index in [2.05, 4.69) is 21.4 Å². The van der Waals surface area contributed by atoms with Crippen molar-refractivity contribution in [2.75, 3.05) is 13.6 Å². The van der Waals surface area contributed by atoms with E-state index in [0.29, 0.717) is 5.56 Å². The fourth-order valence-corrected chi connectivity index (χ4v) is 3.94. The van der Waals surface area contributed by atoms with Crippen molar-refractivity contribution in [2.45, 2.75) is 17.9 Å². The van der Waals surface area contributed by atoms with Gasteiger partial charge >= 0.3 is 0 Å². The first-order valence-electron chi connectivity index (χ1n) is 9.26. The lowest BCUT2D eigenvalue weighted by Crippen LogP contribution is -2.30. The summed E-state index contributed by atoms with van der Waals surface area (Å²) in [6, 6.07) is 13.4. The van der Waals surface area contributed by atoms with Gasteiger partial charge in [-0.25, -0.2) is 22.8 Å². The highest BCUT2D eigenvalue weighted by molar-refractivity contribution is 7.89. The molecular weight excluding hydrogens is 402 g/mol. The third-order valence-electron chi connectivity index (χ3n) is 4.77. The van der Waals surface area contributed by atoms with Gasteiger partial charge in [-0.05, 0) is 42.8 Å². The van der Waals surface area contributed by atoms with E-state index in [9.17, 15) is 13.2 Å². The zero-order valence-electron chi connectivity index (χ0n) is 16.8. The summed E-state index contributed by atoms with van der Waals surface area (Å²) in [5.74, 6) is -0.274. The molecule has 0 radical (unpaired) electrons. The average Bonchev–Trinajstić information content (AvgIpc) is 3.31. The van der Waals surface area contributed by atoms with Crippen molar-refractivity contribution in [3.8, 4) is 5.69 Å². The van der Waals surface area contributed by atoms with Gasteiger partial charge in [0.2, 0.25) is 10.0 Å². The van der Waals surface area contributed by atoms with Crippen LogP contribution >= 0.6 is 0 Å². The molecule has 1 N–H and O–H groups in total. The van der Waals surface area contributed by atoms with Crippen LogP contribution in [-0.4, -0.2) is 47.6 Å². The molecule has 3 rings (SSSR count). The van der Waals surface area contributed by atoms with E-state index in [4.69, 9.17) is 0 Å². The normalized spacial score (nSPS) is 12.3. The lowest BCUT2D eigenvalue weighted by atomic mass is 10.1. The van der Waals surface area contributed by atoms with E-state index >= 15 is 0 Å². The third-order valence-corrected chi connectivity index (χ3v) is 6.19. The highest BCUT2D eigenvalue weighted by Crippen LogP contribution is 2.23. The minimum Gasteiger partial charge on any atom is -0.335 e. The van der Waals surface area contributed by atoms with Gasteiger partial charge in [-0.3, -0.25) is 4.79 Å². The van der Waals surface area contributed by atoms with Crippen LogP contribution in [-0.2, 0) is 10.0 Å². The first-order valence-corrected chi connectivity index (χ1v) is 10.7. The average molecular weight is 426 g/mol. The van der Waals surface area contributed by atoms with Crippen LogP contribution in [0.1, 0.15) is 28.9 Å². The topological polar surface area (TPSA) is 97.2 Å². The number of nitrogens with one attached hydrogen (secondary N) is 1. The maximum atomic E-state index is 13.0. The molecule has 0 saturated carbocycles. The minimum atomic E-state index is -3.71. The Morgan fingerprint density at radius 3 is 2.63 bits per heavy atom. The molecule has 1 atom stereocenters. The molecule has 0 spiro atoms. The highest BCUT2D eigenvalue weighted by Gasteiger charge is 2.21. The molecule has 30 heavy (non-hydrogen) atoms. The number of hydrogen-bond donors (Lipinski definition) is 1. The summed E-state index contributed by atoms with van der Waals surface area (Å²) in [4.78, 5) is 18.5. The summed E-state index contributed by atoms with van der Waals surface area (Å²) < 4.78 is 28.7. The molecule has 0 aliphatic carbocycles. The van der Waals surface area contributed by atoms with Gasteiger partial charge in [0, 0.05) is 19.2 Å². The Morgan fingerprint density at radius 1 is 1.27 bits per heavy atom. The van der Waals surface area contributed by atoms with Crippen LogP contribution in [0.15, 0.2) is 78.7 Å². The van der Waals surface area contributed by atoms with Crippen molar-refractivity contribution in [2.24, 2.45) is 0 Å². The molecule has 0 fully saturated rings. The van der Waals surface area contributed by atoms with Crippen molar-refractivity contribution in [3.05, 3.63) is 85.0 Å². The fraction of sp³-hybridized carbons (Fsp3) is 0.190. The van der Waals surface area contributed by atoms with Gasteiger partial charge in [0.25, 0.3) is 5.91 Å². The van der Waals surface area contributed by atoms with Crippen molar-refractivity contribution >= 4 is 15.9 Å². The van der Waals surface area contributed by atoms with Crippen LogP contribution in [0.2, 0.25) is 0 Å². The van der Waals surface area contributed by atoms with Gasteiger partial charge in [0.1, 0.15) is 12.7 Å². The molecule has 1 unspecified atom stereocenters. The Labute approximate surface area is 175 Å². The second-order valence-electron chi connectivity index (χ2n) is 6.69. The summed E-state index contributed by atoms with van der Waals surface area (Å²) in [5.41, 5.74) is 2.10. The van der Waals surface area contributed by atoms with Crippen LogP contribution in [0, 0.1) is 0 Å². The molecule has 0 saturated heterocycles. The molecule has 0 bridgehead atoms. The number of amides is 1. The van der Waals surface area contributed by atoms with E-state index in [1.807, 2.05) is 31.2 Å². The van der Waals surface area contributed by atoms with Crippen molar-refractivity contribution < 1.29 is 13.2 Å². The van der Waals surface area contributed by atoms with Gasteiger partial charge in [-0.2, -0.15) is 5.10 Å². The summed E-state index contributed by atoms with van der Waals surface area (Å²) in [5, 5.41) is 4.09. The largest absolute Gasteiger partial charge is 0.335 e. The molecule has 2 aromatic carbocycles. The molecule has 0 aliphatic heterocycles. The number of carbonyl (C=O) groups is 1. The summed E-state index contributed by atoms with van der Waals surface area (Å²) in [7, 11) is -2.02. The van der Waals surface area contributed by atoms with Crippen molar-refractivity contribution in [3.63, 3.8) is 0 Å². The Kier molecular flexibility index (Phi) is 6.43. The maximum absolute atomic E-state index is 13.0. The monoisotopic (exact) mass is 425 g/mol. The summed E-state index contributed by atoms with van der Waals surface area (Å²) in [6.07, 6.45) is 4.53. The van der Waals surface area contributed by atoms with Crippen LogP contribution < -0.4 is 4.72 Å². The zero-order valence-corrected chi connectivity index (χ0v) is 17.6. The van der Waals surface area contributed by atoms with Crippen LogP contribution in [0.4, 0.5) is 0 Å². The predicted molar refractivity (Wildman–Crippen MR) is 114 cm³/mol. The first kappa shape index (κ1) is 21.4. The first-order chi connectivity index (χ1) is 14.3. The smallest absolute Gasteiger partial charge is 0.254 e. The number of benzene rings is 2. The third kappa shape index (κ3) is 4.64. The van der Waals surface area contributed by atoms with E-state index < -0.39 is 10.0 Å².